The largest absolute Gasteiger partial charge is 0.473 e. The van der Waals surface area contributed by atoms with Crippen LogP contribution in [0.3, 0.4) is 0 Å². The second-order valence-electron chi connectivity index (χ2n) is 15.1. The van der Waals surface area contributed by atoms with Crippen LogP contribution in [0.25, 0.3) is 11.1 Å². The Morgan fingerprint density at radius 1 is 1.02 bits per heavy atom. The number of nitriles is 1. The first-order valence-electron chi connectivity index (χ1n) is 16.4. The zero-order valence-electron chi connectivity index (χ0n) is 27.8. The van der Waals surface area contributed by atoms with Crippen molar-refractivity contribution in [3.63, 3.8) is 0 Å². The topological polar surface area (TPSA) is 112 Å². The summed E-state index contributed by atoms with van der Waals surface area (Å²) in [6, 6.07) is 12.7. The Morgan fingerprint density at radius 2 is 1.63 bits per heavy atom. The third-order valence-electron chi connectivity index (χ3n) is 10.7. The molecule has 0 radical (unpaired) electrons. The van der Waals surface area contributed by atoms with Crippen molar-refractivity contribution in [1.29, 1.82) is 5.26 Å². The Morgan fingerprint density at radius 3 is 2.16 bits per heavy atom. The molecule has 4 aliphatic rings. The maximum atomic E-state index is 15.3. The van der Waals surface area contributed by atoms with Gasteiger partial charge in [0.1, 0.15) is 17.6 Å². The van der Waals surface area contributed by atoms with Crippen LogP contribution in [0.15, 0.2) is 47.0 Å². The first-order chi connectivity index (χ1) is 22.8. The van der Waals surface area contributed by atoms with E-state index in [4.69, 9.17) is 9.26 Å². The average Bonchev–Trinajstić information content (AvgIpc) is 3.55. The van der Waals surface area contributed by atoms with Crippen LogP contribution in [-0.2, 0) is 15.9 Å². The predicted molar refractivity (Wildman–Crippen MR) is 168 cm³/mol. The molecule has 0 aliphatic heterocycles. The fourth-order valence-electron chi connectivity index (χ4n) is 7.45. The summed E-state index contributed by atoms with van der Waals surface area (Å²) >= 11 is 0. The molecule has 1 amide bonds. The van der Waals surface area contributed by atoms with E-state index in [9.17, 15) is 32.7 Å². The molecule has 8 nitrogen and oxygen atoms in total. The van der Waals surface area contributed by atoms with Crippen LogP contribution in [0.5, 0.6) is 5.75 Å². The first kappa shape index (κ1) is 34.8. The molecule has 4 aliphatic carbocycles. The van der Waals surface area contributed by atoms with Crippen LogP contribution in [-0.4, -0.2) is 45.1 Å². The summed E-state index contributed by atoms with van der Waals surface area (Å²) < 4.78 is 81.3. The second-order valence-corrected chi connectivity index (χ2v) is 15.1. The summed E-state index contributed by atoms with van der Waals surface area (Å²) in [5.41, 5.74) is -5.59. The number of nitrogens with zero attached hydrogens (tertiary/aromatic N) is 4. The highest BCUT2D eigenvalue weighted by molar-refractivity contribution is 5.96. The Balaban J connectivity index is 1.28. The molecule has 2 aromatic carbocycles. The van der Waals surface area contributed by atoms with Crippen LogP contribution in [0, 0.1) is 28.5 Å². The fraction of sp³-hybridized carbons (Fsp3) is 0.556. The van der Waals surface area contributed by atoms with E-state index in [1.165, 1.54) is 36.9 Å². The van der Waals surface area contributed by atoms with Gasteiger partial charge < -0.3 is 19.3 Å². The second kappa shape index (κ2) is 11.8. The van der Waals surface area contributed by atoms with Gasteiger partial charge in [-0.25, -0.2) is 8.78 Å². The number of fused-ring (bicyclic) bond motifs is 3. The highest BCUT2D eigenvalue weighted by atomic mass is 19.4. The number of hydrogen-bond acceptors (Lipinski definition) is 7. The molecule has 13 heteroatoms. The van der Waals surface area contributed by atoms with Gasteiger partial charge in [0.2, 0.25) is 5.91 Å². The van der Waals surface area contributed by atoms with Crippen LogP contribution >= 0.6 is 0 Å². The van der Waals surface area contributed by atoms with Crippen molar-refractivity contribution in [2.75, 3.05) is 11.4 Å². The lowest BCUT2D eigenvalue weighted by Crippen LogP contribution is -2.60. The third kappa shape index (κ3) is 6.52. The lowest BCUT2D eigenvalue weighted by Gasteiger charge is -2.54. The maximum absolute atomic E-state index is 15.3. The molecule has 7 rings (SSSR count). The summed E-state index contributed by atoms with van der Waals surface area (Å²) in [5.74, 6) is -1.41. The molecule has 0 atom stereocenters. The van der Waals surface area contributed by atoms with Gasteiger partial charge in [0.05, 0.1) is 0 Å². The number of carbonyl (C=O) groups excluding carboxylic acids is 1. The van der Waals surface area contributed by atoms with E-state index < -0.39 is 58.9 Å². The Labute approximate surface area is 281 Å². The van der Waals surface area contributed by atoms with Gasteiger partial charge >= 0.3 is 6.18 Å². The van der Waals surface area contributed by atoms with Crippen molar-refractivity contribution in [3.8, 4) is 22.9 Å². The van der Waals surface area contributed by atoms with E-state index in [1.54, 1.807) is 38.1 Å². The molecule has 1 N–H and O–H groups in total. The molecular formula is C36H39F5N4O4. The fourth-order valence-corrected chi connectivity index (χ4v) is 7.45. The number of aromatic nitrogens is 2. The zero-order chi connectivity index (χ0) is 35.6. The third-order valence-corrected chi connectivity index (χ3v) is 10.7. The monoisotopic (exact) mass is 686 g/mol. The number of hydrogen-bond donors (Lipinski definition) is 1. The summed E-state index contributed by atoms with van der Waals surface area (Å²) in [5, 5.41) is 23.6. The lowest BCUT2D eigenvalue weighted by molar-refractivity contribution is -0.295. The zero-order valence-corrected chi connectivity index (χ0v) is 27.8. The van der Waals surface area contributed by atoms with E-state index in [0.717, 1.165) is 0 Å². The minimum atomic E-state index is -4.86. The van der Waals surface area contributed by atoms with Gasteiger partial charge in [0.25, 0.3) is 5.89 Å². The number of benzene rings is 2. The molecule has 1 aromatic heterocycles. The Bertz CT molecular complexity index is 1740. The number of rotatable bonds is 9. The number of ether oxygens (including phenoxy) is 1. The molecule has 0 spiro atoms. The standard InChI is InChI=1S/C36H39F5N4O4/c1-31(2,20-42)48-25-8-5-22(6-9-25)26-17-24(7-10-27(26)37)45(28(46)23-18-35(47,19-23)36(39,40)41)21-33-11-14-34(15-12-33,16-13-33)29-43-30(49-44-29)32(3,4)38/h5-10,17,23,47H,11-16,18-19,21H2,1-4H3. The number of anilines is 1. The SMILES string of the molecule is CC(C)(C#N)Oc1ccc(-c2cc(N(CC34CCC(c5noc(C(C)(C)F)n5)(CC3)CC4)C(=O)C3CC(O)(C(F)(F)F)C3)ccc2F)cc1. The smallest absolute Gasteiger partial charge is 0.417 e. The molecule has 2 bridgehead atoms. The van der Waals surface area contributed by atoms with Crippen molar-refractivity contribution in [1.82, 2.24) is 10.1 Å². The van der Waals surface area contributed by atoms with Gasteiger partial charge in [0, 0.05) is 29.1 Å². The summed E-state index contributed by atoms with van der Waals surface area (Å²) in [4.78, 5) is 19.9. The molecule has 0 saturated heterocycles. The van der Waals surface area contributed by atoms with Gasteiger partial charge in [-0.2, -0.15) is 23.4 Å². The lowest BCUT2D eigenvalue weighted by atomic mass is 9.53. The van der Waals surface area contributed by atoms with Crippen molar-refractivity contribution in [2.24, 2.45) is 11.3 Å². The summed E-state index contributed by atoms with van der Waals surface area (Å²) in [7, 11) is 0. The van der Waals surface area contributed by atoms with E-state index in [-0.39, 0.29) is 23.4 Å². The molecule has 4 saturated carbocycles. The highest BCUT2D eigenvalue weighted by Gasteiger charge is 2.63. The number of amides is 1. The number of halogens is 5. The molecule has 262 valence electrons. The quantitative estimate of drug-likeness (QED) is 0.227. The van der Waals surface area contributed by atoms with Gasteiger partial charge in [0.15, 0.2) is 22.7 Å². The Kier molecular flexibility index (Phi) is 8.37. The normalized spacial score (nSPS) is 26.9. The minimum absolute atomic E-state index is 0.0874. The molecular weight excluding hydrogens is 647 g/mol. The van der Waals surface area contributed by atoms with Crippen LogP contribution in [0.1, 0.15) is 90.8 Å². The summed E-state index contributed by atoms with van der Waals surface area (Å²) in [6.07, 6.45) is -2.42. The van der Waals surface area contributed by atoms with Gasteiger partial charge in [-0.05, 0) is 120 Å². The van der Waals surface area contributed by atoms with E-state index >= 15 is 4.39 Å². The van der Waals surface area contributed by atoms with Crippen LogP contribution in [0.4, 0.5) is 27.6 Å². The number of carbonyl (C=O) groups is 1. The Hall–Kier alpha value is -4.05. The number of aliphatic hydroxyl groups is 1. The van der Waals surface area contributed by atoms with E-state index in [0.29, 0.717) is 61.3 Å². The predicted octanol–water partition coefficient (Wildman–Crippen LogP) is 8.09. The van der Waals surface area contributed by atoms with E-state index in [1.807, 2.05) is 6.07 Å². The van der Waals surface area contributed by atoms with Gasteiger partial charge in [-0.3, -0.25) is 4.79 Å². The van der Waals surface area contributed by atoms with E-state index in [2.05, 4.69) is 10.1 Å². The average molecular weight is 687 g/mol. The maximum Gasteiger partial charge on any atom is 0.417 e. The first-order valence-corrected chi connectivity index (χ1v) is 16.4. The molecule has 4 fully saturated rings. The molecule has 3 aromatic rings. The van der Waals surface area contributed by atoms with Crippen molar-refractivity contribution in [3.05, 3.63) is 60.0 Å². The van der Waals surface area contributed by atoms with Crippen molar-refractivity contribution < 1.29 is 41.1 Å². The van der Waals surface area contributed by atoms with Crippen LogP contribution in [0.2, 0.25) is 0 Å². The van der Waals surface area contributed by atoms with Crippen LogP contribution < -0.4 is 9.64 Å². The number of alkyl halides is 4. The highest BCUT2D eigenvalue weighted by Crippen LogP contribution is 2.58. The van der Waals surface area contributed by atoms with Crippen molar-refractivity contribution >= 4 is 11.6 Å². The minimum Gasteiger partial charge on any atom is -0.473 e. The molecule has 0 unspecified atom stereocenters. The van der Waals surface area contributed by atoms with Gasteiger partial charge in [-0.15, -0.1) is 0 Å². The van der Waals surface area contributed by atoms with Gasteiger partial charge in [-0.1, -0.05) is 17.3 Å². The summed E-state index contributed by atoms with van der Waals surface area (Å²) in [6.45, 7) is 6.11. The molecule has 1 heterocycles. The van der Waals surface area contributed by atoms with Crippen molar-refractivity contribution in [2.45, 2.75) is 108 Å². The molecule has 49 heavy (non-hydrogen) atoms.